The lowest BCUT2D eigenvalue weighted by atomic mass is 10.2. The van der Waals surface area contributed by atoms with Gasteiger partial charge in [-0.3, -0.25) is 0 Å². The molecule has 0 bridgehead atoms. The number of imidazole rings is 1. The second-order valence-electron chi connectivity index (χ2n) is 5.75. The van der Waals surface area contributed by atoms with Gasteiger partial charge in [0.1, 0.15) is 6.10 Å². The van der Waals surface area contributed by atoms with Crippen LogP contribution in [-0.2, 0) is 4.74 Å². The van der Waals surface area contributed by atoms with Crippen LogP contribution in [0.15, 0.2) is 35.4 Å². The van der Waals surface area contributed by atoms with Crippen LogP contribution in [0.25, 0.3) is 16.9 Å². The molecule has 0 aromatic carbocycles. The third-order valence-corrected chi connectivity index (χ3v) is 3.83. The van der Waals surface area contributed by atoms with E-state index in [1.54, 1.807) is 12.5 Å². The Hall–Kier alpha value is -2.25. The smallest absolute Gasteiger partial charge is 0.257 e. The quantitative estimate of drug-likeness (QED) is 0.718. The van der Waals surface area contributed by atoms with Crippen LogP contribution in [-0.4, -0.2) is 50.7 Å². The number of rotatable bonds is 2. The summed E-state index contributed by atoms with van der Waals surface area (Å²) in [6.45, 7) is 3.72. The molecular weight excluding hydrogens is 282 g/mol. The Bertz CT molecular complexity index is 786. The van der Waals surface area contributed by atoms with Gasteiger partial charge in [-0.05, 0) is 26.1 Å². The highest BCUT2D eigenvalue weighted by Crippen LogP contribution is 2.25. The van der Waals surface area contributed by atoms with Gasteiger partial charge in [-0.2, -0.15) is 4.98 Å². The van der Waals surface area contributed by atoms with Gasteiger partial charge < -0.3 is 18.6 Å². The van der Waals surface area contributed by atoms with Crippen molar-refractivity contribution in [3.05, 3.63) is 36.7 Å². The van der Waals surface area contributed by atoms with Crippen molar-refractivity contribution in [1.82, 2.24) is 24.4 Å². The Labute approximate surface area is 127 Å². The van der Waals surface area contributed by atoms with Gasteiger partial charge in [0.15, 0.2) is 0 Å². The number of ether oxygens (including phenoxy) is 1. The van der Waals surface area contributed by atoms with Crippen molar-refractivity contribution in [2.75, 3.05) is 20.1 Å². The lowest BCUT2D eigenvalue weighted by Gasteiger charge is -2.32. The normalized spacial score (nSPS) is 23.2. The molecule has 114 valence electrons. The van der Waals surface area contributed by atoms with E-state index in [9.17, 15) is 0 Å². The summed E-state index contributed by atoms with van der Waals surface area (Å²) in [5.41, 5.74) is 1.89. The number of aromatic nitrogens is 4. The second kappa shape index (κ2) is 5.19. The van der Waals surface area contributed by atoms with Crippen molar-refractivity contribution in [1.29, 1.82) is 0 Å². The minimum absolute atomic E-state index is 0.155. The van der Waals surface area contributed by atoms with Gasteiger partial charge in [0.25, 0.3) is 5.89 Å². The average Bonchev–Trinajstić information content (AvgIpc) is 3.14. The van der Waals surface area contributed by atoms with Gasteiger partial charge in [-0.15, -0.1) is 0 Å². The minimum atomic E-state index is -0.173. The molecule has 0 radical (unpaired) electrons. The van der Waals surface area contributed by atoms with E-state index < -0.39 is 0 Å². The molecule has 1 saturated heterocycles. The summed E-state index contributed by atoms with van der Waals surface area (Å²) in [4.78, 5) is 10.8. The number of fused-ring (bicyclic) bond motifs is 1. The number of morpholine rings is 1. The predicted molar refractivity (Wildman–Crippen MR) is 79.3 cm³/mol. The fourth-order valence-electron chi connectivity index (χ4n) is 2.84. The van der Waals surface area contributed by atoms with Gasteiger partial charge in [0.2, 0.25) is 5.82 Å². The van der Waals surface area contributed by atoms with E-state index >= 15 is 0 Å². The molecule has 1 fully saturated rings. The Morgan fingerprint density at radius 2 is 2.23 bits per heavy atom. The first-order chi connectivity index (χ1) is 10.7. The molecule has 0 spiro atoms. The molecular formula is C15H17N5O2. The van der Waals surface area contributed by atoms with Crippen molar-refractivity contribution >= 4 is 5.52 Å². The molecule has 4 rings (SSSR count). The molecule has 4 heterocycles. The summed E-state index contributed by atoms with van der Waals surface area (Å²) in [6, 6.07) is 3.93. The highest BCUT2D eigenvalue weighted by atomic mass is 16.5. The van der Waals surface area contributed by atoms with Crippen molar-refractivity contribution in [3.8, 4) is 11.4 Å². The molecule has 0 unspecified atom stereocenters. The molecule has 1 aliphatic rings. The largest absolute Gasteiger partial charge is 0.363 e. The van der Waals surface area contributed by atoms with Crippen molar-refractivity contribution in [2.24, 2.45) is 0 Å². The highest BCUT2D eigenvalue weighted by Gasteiger charge is 2.28. The molecule has 0 aliphatic carbocycles. The molecule has 22 heavy (non-hydrogen) atoms. The van der Waals surface area contributed by atoms with Crippen LogP contribution >= 0.6 is 0 Å². The zero-order valence-electron chi connectivity index (χ0n) is 12.5. The number of pyridine rings is 1. The van der Waals surface area contributed by atoms with E-state index in [4.69, 9.17) is 9.26 Å². The lowest BCUT2D eigenvalue weighted by molar-refractivity contribution is -0.0838. The molecule has 1 aliphatic heterocycles. The van der Waals surface area contributed by atoms with E-state index in [2.05, 4.69) is 27.1 Å². The predicted octanol–water partition coefficient (Wildman–Crippen LogP) is 1.78. The van der Waals surface area contributed by atoms with E-state index in [1.165, 1.54) is 0 Å². The summed E-state index contributed by atoms with van der Waals surface area (Å²) in [7, 11) is 2.07. The molecule has 7 heteroatoms. The Morgan fingerprint density at radius 1 is 1.32 bits per heavy atom. The first kappa shape index (κ1) is 13.4. The monoisotopic (exact) mass is 299 g/mol. The van der Waals surface area contributed by atoms with Crippen molar-refractivity contribution in [2.45, 2.75) is 19.1 Å². The highest BCUT2D eigenvalue weighted by molar-refractivity contribution is 5.62. The number of likely N-dealkylation sites (N-methyl/N-ethyl adjacent to an activating group) is 1. The Morgan fingerprint density at radius 3 is 3.09 bits per heavy atom. The topological polar surface area (TPSA) is 68.7 Å². The molecule has 3 aromatic rings. The molecule has 3 aromatic heterocycles. The summed E-state index contributed by atoms with van der Waals surface area (Å²) < 4.78 is 13.2. The van der Waals surface area contributed by atoms with Crippen molar-refractivity contribution < 1.29 is 9.26 Å². The maximum absolute atomic E-state index is 5.90. The summed E-state index contributed by atoms with van der Waals surface area (Å²) in [6.07, 6.45) is 5.47. The van der Waals surface area contributed by atoms with E-state index in [0.29, 0.717) is 11.7 Å². The van der Waals surface area contributed by atoms with E-state index in [1.807, 2.05) is 29.7 Å². The summed E-state index contributed by atoms with van der Waals surface area (Å²) in [5.74, 6) is 1.10. The standard InChI is InChI=1S/C15H17N5O2/c1-10-7-19(2)8-13(21-10)15-17-14(18-22-15)11-3-4-20-9-16-6-12(20)5-11/h3-6,9-10,13H,7-8H2,1-2H3/t10-,13-/m1/s1. The average molecular weight is 299 g/mol. The van der Waals surface area contributed by atoms with E-state index in [-0.39, 0.29) is 12.2 Å². The first-order valence-electron chi connectivity index (χ1n) is 7.29. The van der Waals surface area contributed by atoms with Crippen LogP contribution in [0, 0.1) is 0 Å². The van der Waals surface area contributed by atoms with Crippen LogP contribution in [0.2, 0.25) is 0 Å². The van der Waals surface area contributed by atoms with Crippen LogP contribution in [0.4, 0.5) is 0 Å². The molecule has 2 atom stereocenters. The van der Waals surface area contributed by atoms with Crippen molar-refractivity contribution in [3.63, 3.8) is 0 Å². The third kappa shape index (κ3) is 2.38. The molecule has 0 saturated carbocycles. The first-order valence-corrected chi connectivity index (χ1v) is 7.29. The van der Waals surface area contributed by atoms with Crippen LogP contribution in [0.5, 0.6) is 0 Å². The molecule has 7 nitrogen and oxygen atoms in total. The third-order valence-electron chi connectivity index (χ3n) is 3.83. The van der Waals surface area contributed by atoms with Gasteiger partial charge in [-0.1, -0.05) is 5.16 Å². The van der Waals surface area contributed by atoms with Gasteiger partial charge in [0.05, 0.1) is 24.1 Å². The summed E-state index contributed by atoms with van der Waals surface area (Å²) in [5, 5.41) is 4.09. The summed E-state index contributed by atoms with van der Waals surface area (Å²) >= 11 is 0. The molecule has 0 N–H and O–H groups in total. The van der Waals surface area contributed by atoms with Gasteiger partial charge in [0, 0.05) is 24.8 Å². The maximum Gasteiger partial charge on any atom is 0.257 e. The Balaban J connectivity index is 1.63. The fraction of sp³-hybridized carbons (Fsp3) is 0.400. The lowest BCUT2D eigenvalue weighted by Crippen LogP contribution is -2.40. The number of hydrogen-bond acceptors (Lipinski definition) is 6. The zero-order valence-corrected chi connectivity index (χ0v) is 12.5. The zero-order chi connectivity index (χ0) is 15.1. The fourth-order valence-corrected chi connectivity index (χ4v) is 2.84. The number of nitrogens with zero attached hydrogens (tertiary/aromatic N) is 5. The van der Waals surface area contributed by atoms with Crippen LogP contribution in [0.1, 0.15) is 18.9 Å². The SMILES string of the molecule is C[C@@H]1CN(C)C[C@H](c2nc(-c3ccn4cncc4c3)no2)O1. The van der Waals surface area contributed by atoms with Crippen LogP contribution in [0.3, 0.4) is 0 Å². The van der Waals surface area contributed by atoms with Crippen LogP contribution < -0.4 is 0 Å². The second-order valence-corrected chi connectivity index (χ2v) is 5.75. The van der Waals surface area contributed by atoms with E-state index in [0.717, 1.165) is 24.2 Å². The number of hydrogen-bond donors (Lipinski definition) is 0. The van der Waals surface area contributed by atoms with Gasteiger partial charge >= 0.3 is 0 Å². The maximum atomic E-state index is 5.90. The minimum Gasteiger partial charge on any atom is -0.363 e. The Kier molecular flexibility index (Phi) is 3.16. The molecule has 0 amide bonds. The van der Waals surface area contributed by atoms with Gasteiger partial charge in [-0.25, -0.2) is 4.98 Å².